The molecule has 5 rings (SSSR count). The molecular formula is C44H86N10. The molecule has 0 radical (unpaired) electrons. The maximum Gasteiger partial charge on any atom is 0.231 e. The Labute approximate surface area is 333 Å². The van der Waals surface area contributed by atoms with E-state index in [1.165, 1.54) is 45.1 Å². The summed E-state index contributed by atoms with van der Waals surface area (Å²) in [6.07, 6.45) is 11.9. The molecule has 0 aromatic carbocycles. The highest BCUT2D eigenvalue weighted by molar-refractivity contribution is 5.48. The van der Waals surface area contributed by atoms with E-state index in [-0.39, 0.29) is 22.2 Å². The first kappa shape index (κ1) is 45.0. The molecule has 0 saturated carbocycles. The Bertz CT molecular complexity index is 1260. The first-order valence-corrected chi connectivity index (χ1v) is 21.5. The summed E-state index contributed by atoms with van der Waals surface area (Å²) < 4.78 is 0. The number of aromatic nitrogens is 3. The number of hydrogen-bond donors (Lipinski definition) is 0. The number of nitrogens with zero attached hydrogens (tertiary/aromatic N) is 10. The Hall–Kier alpha value is -1.75. The number of rotatable bonds is 9. The summed E-state index contributed by atoms with van der Waals surface area (Å²) in [6.45, 7) is 34.0. The van der Waals surface area contributed by atoms with Crippen LogP contribution < -0.4 is 14.7 Å². The van der Waals surface area contributed by atoms with Crippen molar-refractivity contribution in [2.24, 2.45) is 0 Å². The van der Waals surface area contributed by atoms with Gasteiger partial charge in [-0.3, -0.25) is 14.7 Å². The van der Waals surface area contributed by atoms with Crippen LogP contribution >= 0.6 is 0 Å². The lowest BCUT2D eigenvalue weighted by molar-refractivity contribution is -0.0425. The summed E-state index contributed by atoms with van der Waals surface area (Å²) in [5.74, 6) is 2.46. The van der Waals surface area contributed by atoms with Crippen molar-refractivity contribution in [2.75, 3.05) is 76.6 Å². The van der Waals surface area contributed by atoms with Crippen molar-refractivity contribution in [1.29, 1.82) is 0 Å². The molecular weight excluding hydrogens is 669 g/mol. The minimum Gasteiger partial charge on any atom is -0.341 e. The zero-order chi connectivity index (χ0) is 40.8. The summed E-state index contributed by atoms with van der Waals surface area (Å²) in [7, 11) is 13.5. The zero-order valence-electron chi connectivity index (χ0n) is 38.9. The quantitative estimate of drug-likeness (QED) is 0.248. The van der Waals surface area contributed by atoms with Crippen LogP contribution in [0.5, 0.6) is 0 Å². The first-order chi connectivity index (χ1) is 24.6. The smallest absolute Gasteiger partial charge is 0.231 e. The molecule has 0 N–H and O–H groups in total. The minimum atomic E-state index is 0.108. The second-order valence-electron chi connectivity index (χ2n) is 21.7. The third-order valence-electron chi connectivity index (χ3n) is 15.1. The Morgan fingerprint density at radius 3 is 1.15 bits per heavy atom. The number of hydrogen-bond acceptors (Lipinski definition) is 10. The summed E-state index contributed by atoms with van der Waals surface area (Å²) in [4.78, 5) is 32.6. The van der Waals surface area contributed by atoms with E-state index in [1.54, 1.807) is 0 Å². The van der Waals surface area contributed by atoms with Crippen LogP contribution in [0.1, 0.15) is 154 Å². The van der Waals surface area contributed by atoms with Gasteiger partial charge in [-0.15, -0.1) is 0 Å². The Balaban J connectivity index is 0.000000321. The van der Waals surface area contributed by atoms with Gasteiger partial charge in [0, 0.05) is 78.5 Å². The van der Waals surface area contributed by atoms with Gasteiger partial charge in [0.25, 0.3) is 0 Å². The van der Waals surface area contributed by atoms with Crippen molar-refractivity contribution in [1.82, 2.24) is 34.6 Å². The summed E-state index contributed by atoms with van der Waals surface area (Å²) in [5, 5.41) is 0. The number of anilines is 3. The molecule has 0 unspecified atom stereocenters. The molecule has 1 aromatic heterocycles. The van der Waals surface area contributed by atoms with Crippen LogP contribution in [0.4, 0.5) is 17.8 Å². The molecule has 10 nitrogen and oxygen atoms in total. The van der Waals surface area contributed by atoms with Crippen LogP contribution in [-0.4, -0.2) is 148 Å². The molecule has 4 aliphatic heterocycles. The van der Waals surface area contributed by atoms with Gasteiger partial charge in [-0.2, -0.15) is 15.0 Å². The molecule has 54 heavy (non-hydrogen) atoms. The Morgan fingerprint density at radius 2 is 0.833 bits per heavy atom. The van der Waals surface area contributed by atoms with E-state index in [1.807, 2.05) is 0 Å². The molecule has 0 spiro atoms. The molecule has 0 aliphatic carbocycles. The van der Waals surface area contributed by atoms with Gasteiger partial charge in [-0.05, 0) is 176 Å². The van der Waals surface area contributed by atoms with Crippen LogP contribution in [0.3, 0.4) is 0 Å². The lowest BCUT2D eigenvalue weighted by atomic mass is 9.77. The fourth-order valence-electron chi connectivity index (χ4n) is 10.4. The predicted octanol–water partition coefficient (Wildman–Crippen LogP) is 8.02. The zero-order valence-corrected chi connectivity index (χ0v) is 38.9. The SMILES string of the molecule is CCCCN(C)C1CC(C)(C)N(C)C(C)(C)C1.CN(c1nc(N2CCCC2)nc(N(C)C2CC(C)(C)N(C)C(C)(C)C2)n1)C1CC(C)(C)N(C)C(C)(C)C1. The van der Waals surface area contributed by atoms with Crippen LogP contribution in [-0.2, 0) is 0 Å². The van der Waals surface area contributed by atoms with E-state index in [9.17, 15) is 0 Å². The second kappa shape index (κ2) is 16.2. The average molecular weight is 755 g/mol. The van der Waals surface area contributed by atoms with Crippen molar-refractivity contribution in [3.63, 3.8) is 0 Å². The maximum atomic E-state index is 5.16. The number of likely N-dealkylation sites (tertiary alicyclic amines) is 3. The lowest BCUT2D eigenvalue weighted by Crippen LogP contribution is -2.62. The molecule has 4 aliphatic rings. The van der Waals surface area contributed by atoms with E-state index < -0.39 is 0 Å². The van der Waals surface area contributed by atoms with Crippen LogP contribution in [0.15, 0.2) is 0 Å². The topological polar surface area (TPSA) is 61.4 Å². The standard InChI is InChI=1S/C29H54N8.C15H32N2/c1-26(2)17-21(18-27(3,4)35(26)11)33(9)23-30-24(32-25(31-23)37-15-13-14-16-37)34(10)22-19-28(5,6)36(12)29(7,8)20-22;1-8-9-10-16(6)13-11-14(2,3)17(7)15(4,5)12-13/h21-22H,13-20H2,1-12H3;13H,8-12H2,1-7H3. The van der Waals surface area contributed by atoms with Crippen LogP contribution in [0.25, 0.3) is 0 Å². The highest BCUT2D eigenvalue weighted by atomic mass is 15.4. The van der Waals surface area contributed by atoms with Crippen molar-refractivity contribution >= 4 is 17.8 Å². The third-order valence-corrected chi connectivity index (χ3v) is 15.1. The Kier molecular flexibility index (Phi) is 13.5. The molecule has 0 amide bonds. The third kappa shape index (κ3) is 9.85. The monoisotopic (exact) mass is 755 g/mol. The maximum absolute atomic E-state index is 5.16. The number of piperidine rings is 3. The predicted molar refractivity (Wildman–Crippen MR) is 232 cm³/mol. The van der Waals surface area contributed by atoms with Crippen LogP contribution in [0.2, 0.25) is 0 Å². The number of unbranched alkanes of at least 4 members (excludes halogenated alkanes) is 1. The molecule has 312 valence electrons. The summed E-state index contributed by atoms with van der Waals surface area (Å²) in [6, 6.07) is 1.48. The average Bonchev–Trinajstić information content (AvgIpc) is 3.61. The molecule has 4 saturated heterocycles. The summed E-state index contributed by atoms with van der Waals surface area (Å²) in [5.41, 5.74) is 1.05. The summed E-state index contributed by atoms with van der Waals surface area (Å²) >= 11 is 0. The minimum absolute atomic E-state index is 0.108. The fourth-order valence-corrected chi connectivity index (χ4v) is 10.4. The van der Waals surface area contributed by atoms with Gasteiger partial charge in [0.15, 0.2) is 0 Å². The van der Waals surface area contributed by atoms with Crippen molar-refractivity contribution in [3.05, 3.63) is 0 Å². The van der Waals surface area contributed by atoms with Gasteiger partial charge < -0.3 is 19.6 Å². The first-order valence-electron chi connectivity index (χ1n) is 21.5. The van der Waals surface area contributed by atoms with Gasteiger partial charge in [-0.1, -0.05) is 13.3 Å². The largest absolute Gasteiger partial charge is 0.341 e. The van der Waals surface area contributed by atoms with E-state index in [0.717, 1.165) is 62.7 Å². The second-order valence-corrected chi connectivity index (χ2v) is 21.7. The lowest BCUT2D eigenvalue weighted by Gasteiger charge is -2.55. The highest BCUT2D eigenvalue weighted by Gasteiger charge is 2.47. The van der Waals surface area contributed by atoms with Crippen LogP contribution in [0, 0.1) is 0 Å². The fraction of sp³-hybridized carbons (Fsp3) is 0.932. The molecule has 0 bridgehead atoms. The molecule has 10 heteroatoms. The van der Waals surface area contributed by atoms with E-state index in [4.69, 9.17) is 15.0 Å². The molecule has 4 fully saturated rings. The highest BCUT2D eigenvalue weighted by Crippen LogP contribution is 2.42. The van der Waals surface area contributed by atoms with Crippen molar-refractivity contribution in [2.45, 2.75) is 206 Å². The normalized spacial score (nSPS) is 26.1. The van der Waals surface area contributed by atoms with Gasteiger partial charge in [0.2, 0.25) is 17.8 Å². The van der Waals surface area contributed by atoms with Gasteiger partial charge in [0.1, 0.15) is 0 Å². The molecule has 1 aromatic rings. The molecule has 0 atom stereocenters. The van der Waals surface area contributed by atoms with E-state index in [2.05, 4.69) is 167 Å². The van der Waals surface area contributed by atoms with Gasteiger partial charge in [0.05, 0.1) is 0 Å². The Morgan fingerprint density at radius 1 is 0.519 bits per heavy atom. The van der Waals surface area contributed by atoms with Crippen molar-refractivity contribution < 1.29 is 0 Å². The van der Waals surface area contributed by atoms with Gasteiger partial charge in [-0.25, -0.2) is 0 Å². The van der Waals surface area contributed by atoms with Crippen molar-refractivity contribution in [3.8, 4) is 0 Å². The molecule has 5 heterocycles. The van der Waals surface area contributed by atoms with E-state index in [0.29, 0.717) is 23.2 Å². The van der Waals surface area contributed by atoms with Gasteiger partial charge >= 0.3 is 0 Å². The van der Waals surface area contributed by atoms with E-state index >= 15 is 0 Å².